The average molecular weight is 383 g/mol. The van der Waals surface area contributed by atoms with Crippen LogP contribution in [0.15, 0.2) is 48.5 Å². The Labute approximate surface area is 162 Å². The minimum Gasteiger partial charge on any atom is -0.492 e. The minimum absolute atomic E-state index is 0.642. The number of ether oxygens (including phenoxy) is 1. The summed E-state index contributed by atoms with van der Waals surface area (Å²) < 4.78 is 6.22. The molecular formula is C21H19ClN2OS. The van der Waals surface area contributed by atoms with Gasteiger partial charge in [0.2, 0.25) is 0 Å². The molecule has 5 rings (SSSR count). The molecule has 5 heteroatoms. The molecule has 2 aromatic carbocycles. The van der Waals surface area contributed by atoms with Crippen molar-refractivity contribution in [2.24, 2.45) is 5.92 Å². The molecule has 0 radical (unpaired) electrons. The molecule has 0 unspecified atom stereocenters. The molecule has 0 atom stereocenters. The Morgan fingerprint density at radius 3 is 2.19 bits per heavy atom. The molecule has 4 aromatic rings. The number of aromatic nitrogens is 2. The van der Waals surface area contributed by atoms with E-state index < -0.39 is 0 Å². The van der Waals surface area contributed by atoms with E-state index >= 15 is 0 Å². The zero-order valence-corrected chi connectivity index (χ0v) is 16.1. The summed E-state index contributed by atoms with van der Waals surface area (Å²) in [5.41, 5.74) is 2.38. The number of para-hydroxylation sites is 2. The van der Waals surface area contributed by atoms with Gasteiger partial charge in [-0.1, -0.05) is 41.9 Å². The number of benzene rings is 2. The van der Waals surface area contributed by atoms with Crippen molar-refractivity contribution in [3.05, 3.63) is 53.6 Å². The molecule has 0 amide bonds. The van der Waals surface area contributed by atoms with Gasteiger partial charge in [-0.25, -0.2) is 9.97 Å². The summed E-state index contributed by atoms with van der Waals surface area (Å²) in [7, 11) is 0. The largest absolute Gasteiger partial charge is 0.492 e. The van der Waals surface area contributed by atoms with Gasteiger partial charge in [0.15, 0.2) is 5.65 Å². The topological polar surface area (TPSA) is 35.0 Å². The molecule has 0 aliphatic heterocycles. The van der Waals surface area contributed by atoms with Gasteiger partial charge in [-0.05, 0) is 43.2 Å². The van der Waals surface area contributed by atoms with E-state index in [9.17, 15) is 0 Å². The van der Waals surface area contributed by atoms with E-state index in [0.29, 0.717) is 16.6 Å². The zero-order valence-electron chi connectivity index (χ0n) is 14.4. The first kappa shape index (κ1) is 17.4. The summed E-state index contributed by atoms with van der Waals surface area (Å²) >= 11 is 10.3. The Morgan fingerprint density at radius 1 is 0.962 bits per heavy atom. The lowest BCUT2D eigenvalue weighted by molar-refractivity contribution is 0.306. The van der Waals surface area contributed by atoms with Crippen LogP contribution in [0.4, 0.5) is 0 Å². The van der Waals surface area contributed by atoms with Crippen molar-refractivity contribution in [3.8, 4) is 5.75 Å². The van der Waals surface area contributed by atoms with Crippen LogP contribution in [-0.4, -0.2) is 22.8 Å². The quantitative estimate of drug-likeness (QED) is 0.352. The maximum Gasteiger partial charge on any atom is 0.165 e. The number of halogens is 1. The van der Waals surface area contributed by atoms with Crippen LogP contribution >= 0.6 is 24.2 Å². The lowest BCUT2D eigenvalue weighted by Gasteiger charge is -2.14. The van der Waals surface area contributed by atoms with Crippen molar-refractivity contribution in [2.75, 3.05) is 12.9 Å². The molecule has 2 heterocycles. The normalized spacial score (nSPS) is 13.7. The Hall–Kier alpha value is -2.04. The number of pyridine rings is 2. The summed E-state index contributed by atoms with van der Waals surface area (Å²) in [6, 6.07) is 15.9. The van der Waals surface area contributed by atoms with E-state index in [1.165, 1.54) is 12.8 Å². The van der Waals surface area contributed by atoms with E-state index in [0.717, 1.165) is 39.5 Å². The third-order valence-electron chi connectivity index (χ3n) is 4.57. The van der Waals surface area contributed by atoms with Gasteiger partial charge >= 0.3 is 0 Å². The van der Waals surface area contributed by atoms with Crippen molar-refractivity contribution in [1.82, 2.24) is 9.97 Å². The van der Waals surface area contributed by atoms with Crippen LogP contribution in [0.2, 0.25) is 5.02 Å². The molecule has 0 saturated heterocycles. The van der Waals surface area contributed by atoms with Gasteiger partial charge in [0.1, 0.15) is 5.75 Å². The van der Waals surface area contributed by atoms with Crippen molar-refractivity contribution in [3.63, 3.8) is 0 Å². The molecular weight excluding hydrogens is 364 g/mol. The maximum atomic E-state index is 6.75. The summed E-state index contributed by atoms with van der Waals surface area (Å²) in [5, 5.41) is 3.40. The Morgan fingerprint density at radius 2 is 1.54 bits per heavy atom. The maximum absolute atomic E-state index is 6.75. The van der Waals surface area contributed by atoms with Crippen LogP contribution in [0.5, 0.6) is 5.75 Å². The molecule has 1 aliphatic rings. The highest BCUT2D eigenvalue weighted by Crippen LogP contribution is 2.40. The van der Waals surface area contributed by atoms with Gasteiger partial charge in [-0.2, -0.15) is 12.6 Å². The van der Waals surface area contributed by atoms with E-state index in [2.05, 4.69) is 12.6 Å². The number of rotatable bonds is 3. The monoisotopic (exact) mass is 382 g/mol. The number of fused-ring (bicyclic) bond motifs is 3. The molecule has 132 valence electrons. The first-order valence-electron chi connectivity index (χ1n) is 8.65. The number of thiol groups is 1. The third-order valence-corrected chi connectivity index (χ3v) is 4.96. The van der Waals surface area contributed by atoms with Crippen molar-refractivity contribution in [1.29, 1.82) is 0 Å². The summed E-state index contributed by atoms with van der Waals surface area (Å²) in [6.45, 7) is 0.728. The van der Waals surface area contributed by atoms with Gasteiger partial charge in [-0.3, -0.25) is 0 Å². The lowest BCUT2D eigenvalue weighted by Crippen LogP contribution is -2.02. The number of hydrogen-bond donors (Lipinski definition) is 1. The minimum atomic E-state index is 0.642. The van der Waals surface area contributed by atoms with Crippen LogP contribution in [0, 0.1) is 5.92 Å². The Balaban J connectivity index is 0.000000814. The highest BCUT2D eigenvalue weighted by atomic mass is 35.5. The van der Waals surface area contributed by atoms with Gasteiger partial charge in [0, 0.05) is 10.8 Å². The fourth-order valence-corrected chi connectivity index (χ4v) is 3.42. The van der Waals surface area contributed by atoms with Crippen molar-refractivity contribution < 1.29 is 4.74 Å². The molecule has 1 fully saturated rings. The highest BCUT2D eigenvalue weighted by molar-refractivity contribution is 7.79. The summed E-state index contributed by atoms with van der Waals surface area (Å²) in [5.74, 6) is 1.48. The second-order valence-corrected chi connectivity index (χ2v) is 6.73. The Kier molecular flexibility index (Phi) is 4.88. The van der Waals surface area contributed by atoms with E-state index in [1.807, 2.05) is 48.5 Å². The summed E-state index contributed by atoms with van der Waals surface area (Å²) in [6.07, 6.45) is 4.19. The van der Waals surface area contributed by atoms with Crippen LogP contribution < -0.4 is 4.74 Å². The van der Waals surface area contributed by atoms with Crippen LogP contribution in [-0.2, 0) is 0 Å². The van der Waals surface area contributed by atoms with Crippen LogP contribution in [0.25, 0.3) is 32.8 Å². The second-order valence-electron chi connectivity index (χ2n) is 6.35. The predicted molar refractivity (Wildman–Crippen MR) is 113 cm³/mol. The molecule has 0 bridgehead atoms. The van der Waals surface area contributed by atoms with E-state index in [-0.39, 0.29) is 0 Å². The predicted octanol–water partition coefficient (Wildman–Crippen LogP) is 5.92. The van der Waals surface area contributed by atoms with Gasteiger partial charge < -0.3 is 4.74 Å². The van der Waals surface area contributed by atoms with Gasteiger partial charge in [0.05, 0.1) is 28.0 Å². The molecule has 3 nitrogen and oxygen atoms in total. The first-order chi connectivity index (χ1) is 12.8. The zero-order chi connectivity index (χ0) is 18.1. The van der Waals surface area contributed by atoms with Crippen molar-refractivity contribution in [2.45, 2.75) is 12.8 Å². The smallest absolute Gasteiger partial charge is 0.165 e. The number of nitrogens with zero attached hydrogens (tertiary/aromatic N) is 2. The second kappa shape index (κ2) is 7.29. The van der Waals surface area contributed by atoms with Gasteiger partial charge in [-0.15, -0.1) is 0 Å². The highest BCUT2D eigenvalue weighted by Gasteiger charge is 2.24. The lowest BCUT2D eigenvalue weighted by atomic mass is 10.1. The third kappa shape index (κ3) is 3.08. The van der Waals surface area contributed by atoms with E-state index in [4.69, 9.17) is 26.3 Å². The van der Waals surface area contributed by atoms with E-state index in [1.54, 1.807) is 6.26 Å². The first-order valence-corrected chi connectivity index (χ1v) is 9.93. The van der Waals surface area contributed by atoms with Crippen LogP contribution in [0.3, 0.4) is 0 Å². The summed E-state index contributed by atoms with van der Waals surface area (Å²) in [4.78, 5) is 9.43. The fourth-order valence-electron chi connectivity index (χ4n) is 3.09. The molecule has 2 aromatic heterocycles. The van der Waals surface area contributed by atoms with Crippen LogP contribution in [0.1, 0.15) is 12.8 Å². The van der Waals surface area contributed by atoms with Crippen molar-refractivity contribution >= 4 is 57.1 Å². The fraction of sp³-hybridized carbons (Fsp3) is 0.238. The average Bonchev–Trinajstić information content (AvgIpc) is 3.51. The molecule has 1 aliphatic carbocycles. The standard InChI is InChI=1S/C20H15ClN2O.CH4S/c21-18-13-5-1-3-7-15(13)22-20-17(18)19(24-11-12-9-10-12)14-6-2-4-8-16(14)23-20;1-2/h1-8,12H,9-11H2;2H,1H3. The number of hydrogen-bond acceptors (Lipinski definition) is 4. The molecule has 0 spiro atoms. The molecule has 0 N–H and O–H groups in total. The molecule has 1 saturated carbocycles. The molecule has 26 heavy (non-hydrogen) atoms. The Bertz CT molecular complexity index is 1090. The van der Waals surface area contributed by atoms with Gasteiger partial charge in [0.25, 0.3) is 0 Å². The SMILES string of the molecule is CS.Clc1c2ccccc2nc2nc3ccccc3c(OCC3CC3)c12.